The molecule has 0 spiro atoms. The number of likely N-dealkylation sites (tertiary alicyclic amines) is 1. The van der Waals surface area contributed by atoms with Gasteiger partial charge in [0, 0.05) is 24.0 Å². The molecule has 1 amide bonds. The summed E-state index contributed by atoms with van der Waals surface area (Å²) in [6.07, 6.45) is 3.75. The van der Waals surface area contributed by atoms with Gasteiger partial charge in [0.15, 0.2) is 0 Å². The SMILES string of the molecule is Cc1nc(C2CCCN2CCOc2ccc3c(c2)CCC(=O)N3)cs1. The van der Waals surface area contributed by atoms with Gasteiger partial charge in [0.05, 0.1) is 16.7 Å². The number of amides is 1. The van der Waals surface area contributed by atoms with Gasteiger partial charge in [-0.15, -0.1) is 11.3 Å². The number of carbonyl (C=O) groups is 1. The Balaban J connectivity index is 1.34. The number of fused-ring (bicyclic) bond motifs is 1. The highest BCUT2D eigenvalue weighted by atomic mass is 32.1. The standard InChI is InChI=1S/C19H23N3O2S/c1-13-20-17(12-25-13)18-3-2-8-22(18)9-10-24-15-5-6-16-14(11-15)4-7-19(23)21-16/h5-6,11-12,18H,2-4,7-10H2,1H3,(H,21,23). The van der Waals surface area contributed by atoms with Crippen molar-refractivity contribution in [3.05, 3.63) is 39.8 Å². The van der Waals surface area contributed by atoms with Crippen LogP contribution in [0.4, 0.5) is 5.69 Å². The number of hydrogen-bond donors (Lipinski definition) is 1. The van der Waals surface area contributed by atoms with Gasteiger partial charge in [0.1, 0.15) is 12.4 Å². The van der Waals surface area contributed by atoms with E-state index in [1.807, 2.05) is 12.1 Å². The summed E-state index contributed by atoms with van der Waals surface area (Å²) in [5, 5.41) is 6.23. The van der Waals surface area contributed by atoms with Crippen molar-refractivity contribution in [2.24, 2.45) is 0 Å². The molecule has 132 valence electrons. The van der Waals surface area contributed by atoms with Gasteiger partial charge in [0.25, 0.3) is 0 Å². The van der Waals surface area contributed by atoms with Crippen LogP contribution in [0, 0.1) is 6.92 Å². The van der Waals surface area contributed by atoms with Gasteiger partial charge in [-0.3, -0.25) is 9.69 Å². The van der Waals surface area contributed by atoms with E-state index < -0.39 is 0 Å². The molecule has 2 aliphatic heterocycles. The number of hydrogen-bond acceptors (Lipinski definition) is 5. The molecule has 0 radical (unpaired) electrons. The molecule has 1 fully saturated rings. The van der Waals surface area contributed by atoms with E-state index in [-0.39, 0.29) is 5.91 Å². The first-order chi connectivity index (χ1) is 12.2. The first-order valence-electron chi connectivity index (χ1n) is 8.91. The predicted molar refractivity (Wildman–Crippen MR) is 99.3 cm³/mol. The van der Waals surface area contributed by atoms with Crippen LogP contribution in [-0.2, 0) is 11.2 Å². The maximum Gasteiger partial charge on any atom is 0.224 e. The van der Waals surface area contributed by atoms with Gasteiger partial charge < -0.3 is 10.1 Å². The Morgan fingerprint density at radius 3 is 3.16 bits per heavy atom. The fraction of sp³-hybridized carbons (Fsp3) is 0.474. The number of nitrogens with one attached hydrogen (secondary N) is 1. The molecular formula is C19H23N3O2S. The smallest absolute Gasteiger partial charge is 0.224 e. The topological polar surface area (TPSA) is 54.5 Å². The molecule has 25 heavy (non-hydrogen) atoms. The number of ether oxygens (including phenoxy) is 1. The van der Waals surface area contributed by atoms with E-state index in [0.29, 0.717) is 19.1 Å². The van der Waals surface area contributed by atoms with E-state index in [9.17, 15) is 4.79 Å². The van der Waals surface area contributed by atoms with Crippen LogP contribution in [0.25, 0.3) is 0 Å². The molecule has 2 aromatic rings. The first-order valence-corrected chi connectivity index (χ1v) is 9.79. The van der Waals surface area contributed by atoms with Crippen molar-refractivity contribution in [3.63, 3.8) is 0 Å². The van der Waals surface area contributed by atoms with E-state index in [0.717, 1.165) is 41.5 Å². The van der Waals surface area contributed by atoms with Gasteiger partial charge in [-0.2, -0.15) is 0 Å². The number of aromatic nitrogens is 1. The summed E-state index contributed by atoms with van der Waals surface area (Å²) >= 11 is 1.73. The van der Waals surface area contributed by atoms with Crippen LogP contribution >= 0.6 is 11.3 Å². The maximum atomic E-state index is 11.4. The lowest BCUT2D eigenvalue weighted by atomic mass is 10.0. The summed E-state index contributed by atoms with van der Waals surface area (Å²) in [6, 6.07) is 6.38. The zero-order valence-electron chi connectivity index (χ0n) is 14.5. The number of thiazole rings is 1. The van der Waals surface area contributed by atoms with Crippen LogP contribution < -0.4 is 10.1 Å². The molecule has 1 saturated heterocycles. The molecule has 3 heterocycles. The monoisotopic (exact) mass is 357 g/mol. The van der Waals surface area contributed by atoms with Crippen LogP contribution in [0.3, 0.4) is 0 Å². The summed E-state index contributed by atoms with van der Waals surface area (Å²) in [4.78, 5) is 18.6. The summed E-state index contributed by atoms with van der Waals surface area (Å²) in [7, 11) is 0. The third-order valence-corrected chi connectivity index (χ3v) is 5.75. The van der Waals surface area contributed by atoms with Crippen molar-refractivity contribution in [1.29, 1.82) is 0 Å². The molecule has 5 nitrogen and oxygen atoms in total. The lowest BCUT2D eigenvalue weighted by Crippen LogP contribution is -2.28. The molecule has 1 unspecified atom stereocenters. The molecule has 1 atom stereocenters. The van der Waals surface area contributed by atoms with E-state index in [1.165, 1.54) is 18.5 Å². The fourth-order valence-corrected chi connectivity index (χ4v) is 4.35. The van der Waals surface area contributed by atoms with Crippen LogP contribution in [0.1, 0.15) is 41.6 Å². The Bertz CT molecular complexity index is 774. The Morgan fingerprint density at radius 2 is 2.32 bits per heavy atom. The minimum absolute atomic E-state index is 0.0959. The maximum absolute atomic E-state index is 11.4. The van der Waals surface area contributed by atoms with Crippen molar-refractivity contribution in [2.75, 3.05) is 25.0 Å². The summed E-state index contributed by atoms with van der Waals surface area (Å²) < 4.78 is 5.98. The Morgan fingerprint density at radius 1 is 1.40 bits per heavy atom. The molecule has 0 bridgehead atoms. The predicted octanol–water partition coefficient (Wildman–Crippen LogP) is 3.55. The second-order valence-electron chi connectivity index (χ2n) is 6.70. The Kier molecular flexibility index (Phi) is 4.72. The van der Waals surface area contributed by atoms with E-state index >= 15 is 0 Å². The molecule has 1 aromatic heterocycles. The zero-order valence-corrected chi connectivity index (χ0v) is 15.3. The minimum atomic E-state index is 0.0959. The quantitative estimate of drug-likeness (QED) is 0.889. The zero-order chi connectivity index (χ0) is 17.2. The number of aryl methyl sites for hydroxylation is 2. The van der Waals surface area contributed by atoms with Crippen molar-refractivity contribution in [2.45, 2.75) is 38.6 Å². The largest absolute Gasteiger partial charge is 0.492 e. The number of nitrogens with zero attached hydrogens (tertiary/aromatic N) is 2. The van der Waals surface area contributed by atoms with Gasteiger partial charge in [-0.05, 0) is 56.5 Å². The summed E-state index contributed by atoms with van der Waals surface area (Å²) in [5.74, 6) is 0.980. The second kappa shape index (κ2) is 7.14. The van der Waals surface area contributed by atoms with E-state index in [4.69, 9.17) is 4.74 Å². The molecule has 1 aromatic carbocycles. The molecule has 0 aliphatic carbocycles. The molecule has 2 aliphatic rings. The minimum Gasteiger partial charge on any atom is -0.492 e. The molecule has 6 heteroatoms. The Labute approximate surface area is 152 Å². The van der Waals surface area contributed by atoms with Gasteiger partial charge >= 0.3 is 0 Å². The Hall–Kier alpha value is -1.92. The van der Waals surface area contributed by atoms with Crippen molar-refractivity contribution >= 4 is 22.9 Å². The third kappa shape index (κ3) is 3.70. The fourth-order valence-electron chi connectivity index (χ4n) is 3.69. The van der Waals surface area contributed by atoms with E-state index in [2.05, 4.69) is 33.6 Å². The number of anilines is 1. The van der Waals surface area contributed by atoms with Crippen molar-refractivity contribution in [3.8, 4) is 5.75 Å². The summed E-state index contributed by atoms with van der Waals surface area (Å²) in [5.41, 5.74) is 3.29. The second-order valence-corrected chi connectivity index (χ2v) is 7.76. The highest BCUT2D eigenvalue weighted by Crippen LogP contribution is 2.32. The lowest BCUT2D eigenvalue weighted by molar-refractivity contribution is -0.116. The molecular weight excluding hydrogens is 334 g/mol. The number of rotatable bonds is 5. The number of benzene rings is 1. The molecule has 0 saturated carbocycles. The molecule has 4 rings (SSSR count). The van der Waals surface area contributed by atoms with Crippen LogP contribution in [-0.4, -0.2) is 35.5 Å². The van der Waals surface area contributed by atoms with Crippen LogP contribution in [0.15, 0.2) is 23.6 Å². The van der Waals surface area contributed by atoms with Crippen molar-refractivity contribution in [1.82, 2.24) is 9.88 Å². The van der Waals surface area contributed by atoms with E-state index in [1.54, 1.807) is 11.3 Å². The van der Waals surface area contributed by atoms with Gasteiger partial charge in [0.2, 0.25) is 5.91 Å². The van der Waals surface area contributed by atoms with Gasteiger partial charge in [-0.25, -0.2) is 4.98 Å². The third-order valence-electron chi connectivity index (χ3n) is 4.96. The average Bonchev–Trinajstić information content (AvgIpc) is 3.23. The average molecular weight is 357 g/mol. The van der Waals surface area contributed by atoms with Gasteiger partial charge in [-0.1, -0.05) is 0 Å². The highest BCUT2D eigenvalue weighted by molar-refractivity contribution is 7.09. The van der Waals surface area contributed by atoms with Crippen LogP contribution in [0.2, 0.25) is 0 Å². The highest BCUT2D eigenvalue weighted by Gasteiger charge is 2.27. The summed E-state index contributed by atoms with van der Waals surface area (Å²) in [6.45, 7) is 4.76. The number of carbonyl (C=O) groups excluding carboxylic acids is 1. The normalized spacial score (nSPS) is 20.4. The lowest BCUT2D eigenvalue weighted by Gasteiger charge is -2.23. The van der Waals surface area contributed by atoms with Crippen LogP contribution in [0.5, 0.6) is 5.75 Å². The van der Waals surface area contributed by atoms with Crippen molar-refractivity contribution < 1.29 is 9.53 Å². The first kappa shape index (κ1) is 16.5. The molecule has 1 N–H and O–H groups in total.